The van der Waals surface area contributed by atoms with Gasteiger partial charge in [0.1, 0.15) is 22.4 Å². The lowest BCUT2D eigenvalue weighted by Crippen LogP contribution is -2.31. The van der Waals surface area contributed by atoms with Crippen LogP contribution < -0.4 is 18.9 Å². The molecule has 2 heterocycles. The highest BCUT2D eigenvalue weighted by Gasteiger charge is 2.34. The number of ether oxygens (including phenoxy) is 4. The zero-order valence-corrected chi connectivity index (χ0v) is 15.4. The molecule has 136 valence electrons. The van der Waals surface area contributed by atoms with Crippen LogP contribution in [0.15, 0.2) is 36.4 Å². The molecular weight excluding hydrogens is 354 g/mol. The summed E-state index contributed by atoms with van der Waals surface area (Å²) in [6, 6.07) is 11.2. The van der Waals surface area contributed by atoms with Crippen molar-refractivity contribution in [3.05, 3.63) is 47.5 Å². The van der Waals surface area contributed by atoms with Gasteiger partial charge in [0.25, 0.3) is 5.91 Å². The fourth-order valence-corrected chi connectivity index (χ4v) is 4.47. The van der Waals surface area contributed by atoms with Crippen LogP contribution in [0.4, 0.5) is 0 Å². The average molecular weight is 373 g/mol. The first-order chi connectivity index (χ1) is 12.7. The molecule has 7 heteroatoms. The second kappa shape index (κ2) is 6.99. The number of fused-ring (bicyclic) bond motifs is 1. The first-order valence-electron chi connectivity index (χ1n) is 8.26. The van der Waals surface area contributed by atoms with E-state index in [9.17, 15) is 4.79 Å². The standard InChI is InChI=1S/C19H19NO5S/c1-22-14-4-3-5-15(23-2)17(14)18(21)20-8-9-26-19(20)12-6-7-13-16(10-12)25-11-24-13/h3-7,10,19H,8-9,11H2,1-2H3. The molecule has 0 bridgehead atoms. The monoisotopic (exact) mass is 373 g/mol. The number of carbonyl (C=O) groups excluding carboxylic acids is 1. The molecule has 2 aromatic rings. The van der Waals surface area contributed by atoms with E-state index in [0.29, 0.717) is 23.6 Å². The Bertz CT molecular complexity index is 818. The number of benzene rings is 2. The third-order valence-electron chi connectivity index (χ3n) is 4.48. The zero-order valence-electron chi connectivity index (χ0n) is 14.6. The van der Waals surface area contributed by atoms with E-state index < -0.39 is 0 Å². The van der Waals surface area contributed by atoms with Crippen LogP contribution >= 0.6 is 11.8 Å². The zero-order chi connectivity index (χ0) is 18.1. The SMILES string of the molecule is COc1cccc(OC)c1C(=O)N1CCSC1c1ccc2c(c1)OCO2. The number of rotatable bonds is 4. The van der Waals surface area contributed by atoms with E-state index in [2.05, 4.69) is 0 Å². The minimum atomic E-state index is -0.105. The molecule has 1 atom stereocenters. The van der Waals surface area contributed by atoms with Crippen LogP contribution in [-0.4, -0.2) is 44.1 Å². The molecule has 1 fully saturated rings. The first kappa shape index (κ1) is 16.9. The second-order valence-corrected chi connectivity index (χ2v) is 7.06. The summed E-state index contributed by atoms with van der Waals surface area (Å²) in [6.07, 6.45) is 0. The number of amides is 1. The highest BCUT2D eigenvalue weighted by Crippen LogP contribution is 2.44. The molecule has 26 heavy (non-hydrogen) atoms. The Kier molecular flexibility index (Phi) is 4.55. The van der Waals surface area contributed by atoms with Gasteiger partial charge in [-0.15, -0.1) is 11.8 Å². The normalized spacial score (nSPS) is 18.1. The molecule has 6 nitrogen and oxygen atoms in total. The van der Waals surface area contributed by atoms with Gasteiger partial charge in [0, 0.05) is 12.3 Å². The fraction of sp³-hybridized carbons (Fsp3) is 0.316. The van der Waals surface area contributed by atoms with Crippen LogP contribution in [0, 0.1) is 0 Å². The number of methoxy groups -OCH3 is 2. The Morgan fingerprint density at radius 3 is 2.58 bits per heavy atom. The van der Waals surface area contributed by atoms with Gasteiger partial charge in [-0.1, -0.05) is 12.1 Å². The van der Waals surface area contributed by atoms with E-state index in [4.69, 9.17) is 18.9 Å². The highest BCUT2D eigenvalue weighted by atomic mass is 32.2. The van der Waals surface area contributed by atoms with Crippen LogP contribution in [-0.2, 0) is 0 Å². The van der Waals surface area contributed by atoms with E-state index in [1.165, 1.54) is 0 Å². The van der Waals surface area contributed by atoms with Crippen LogP contribution in [0.3, 0.4) is 0 Å². The molecule has 1 unspecified atom stereocenters. The molecule has 1 amide bonds. The Morgan fingerprint density at radius 2 is 1.85 bits per heavy atom. The summed E-state index contributed by atoms with van der Waals surface area (Å²) in [4.78, 5) is 15.2. The molecule has 2 aliphatic rings. The number of hydrogen-bond donors (Lipinski definition) is 0. The maximum absolute atomic E-state index is 13.3. The van der Waals surface area contributed by atoms with Crippen molar-refractivity contribution in [3.63, 3.8) is 0 Å². The van der Waals surface area contributed by atoms with Crippen molar-refractivity contribution >= 4 is 17.7 Å². The third-order valence-corrected chi connectivity index (χ3v) is 5.74. The van der Waals surface area contributed by atoms with E-state index in [0.717, 1.165) is 22.8 Å². The first-order valence-corrected chi connectivity index (χ1v) is 9.31. The molecule has 0 saturated carbocycles. The summed E-state index contributed by atoms with van der Waals surface area (Å²) in [7, 11) is 3.11. The molecule has 0 N–H and O–H groups in total. The summed E-state index contributed by atoms with van der Waals surface area (Å²) >= 11 is 1.73. The fourth-order valence-electron chi connectivity index (χ4n) is 3.23. The Morgan fingerprint density at radius 1 is 1.12 bits per heavy atom. The average Bonchev–Trinajstić information content (AvgIpc) is 3.35. The molecule has 1 saturated heterocycles. The van der Waals surface area contributed by atoms with Crippen molar-refractivity contribution in [1.82, 2.24) is 4.90 Å². The predicted octanol–water partition coefficient (Wildman–Crippen LogP) is 3.32. The number of hydrogen-bond acceptors (Lipinski definition) is 6. The summed E-state index contributed by atoms with van der Waals surface area (Å²) in [5, 5.41) is -0.0911. The van der Waals surface area contributed by atoms with E-state index in [-0.39, 0.29) is 18.1 Å². The summed E-state index contributed by atoms with van der Waals surface area (Å²) < 4.78 is 21.7. The molecule has 2 aromatic carbocycles. The molecule has 0 aliphatic carbocycles. The summed E-state index contributed by atoms with van der Waals surface area (Å²) in [5.74, 6) is 3.24. The van der Waals surface area contributed by atoms with Gasteiger partial charge >= 0.3 is 0 Å². The third kappa shape index (κ3) is 2.82. The van der Waals surface area contributed by atoms with Gasteiger partial charge in [0.05, 0.1) is 14.2 Å². The molecule has 0 radical (unpaired) electrons. The van der Waals surface area contributed by atoms with Gasteiger partial charge in [-0.05, 0) is 29.8 Å². The van der Waals surface area contributed by atoms with Crippen LogP contribution in [0.1, 0.15) is 21.3 Å². The molecular formula is C19H19NO5S. The minimum Gasteiger partial charge on any atom is -0.496 e. The Hall–Kier alpha value is -2.54. The molecule has 0 spiro atoms. The Labute approximate surface area is 156 Å². The smallest absolute Gasteiger partial charge is 0.262 e. The maximum atomic E-state index is 13.3. The number of thioether (sulfide) groups is 1. The van der Waals surface area contributed by atoms with Gasteiger partial charge in [0.2, 0.25) is 6.79 Å². The quantitative estimate of drug-likeness (QED) is 0.820. The second-order valence-electron chi connectivity index (χ2n) is 5.87. The molecule has 0 aromatic heterocycles. The largest absolute Gasteiger partial charge is 0.496 e. The van der Waals surface area contributed by atoms with Crippen molar-refractivity contribution in [3.8, 4) is 23.0 Å². The number of nitrogens with zero attached hydrogens (tertiary/aromatic N) is 1. The van der Waals surface area contributed by atoms with Crippen molar-refractivity contribution in [2.24, 2.45) is 0 Å². The van der Waals surface area contributed by atoms with E-state index in [1.807, 2.05) is 29.2 Å². The lowest BCUT2D eigenvalue weighted by atomic mass is 10.1. The minimum absolute atomic E-state index is 0.0911. The van der Waals surface area contributed by atoms with Gasteiger partial charge in [-0.2, -0.15) is 0 Å². The van der Waals surface area contributed by atoms with Crippen molar-refractivity contribution < 1.29 is 23.7 Å². The lowest BCUT2D eigenvalue weighted by molar-refractivity contribution is 0.0753. The van der Waals surface area contributed by atoms with E-state index in [1.54, 1.807) is 38.1 Å². The van der Waals surface area contributed by atoms with Gasteiger partial charge in [0.15, 0.2) is 11.5 Å². The highest BCUT2D eigenvalue weighted by molar-refractivity contribution is 7.99. The van der Waals surface area contributed by atoms with Crippen LogP contribution in [0.2, 0.25) is 0 Å². The van der Waals surface area contributed by atoms with Crippen molar-refractivity contribution in [2.45, 2.75) is 5.37 Å². The molecule has 2 aliphatic heterocycles. The topological polar surface area (TPSA) is 57.2 Å². The van der Waals surface area contributed by atoms with Crippen molar-refractivity contribution in [2.75, 3.05) is 33.3 Å². The lowest BCUT2D eigenvalue weighted by Gasteiger charge is -2.25. The van der Waals surface area contributed by atoms with Crippen LogP contribution in [0.5, 0.6) is 23.0 Å². The van der Waals surface area contributed by atoms with Crippen LogP contribution in [0.25, 0.3) is 0 Å². The van der Waals surface area contributed by atoms with Crippen molar-refractivity contribution in [1.29, 1.82) is 0 Å². The predicted molar refractivity (Wildman–Crippen MR) is 98.3 cm³/mol. The maximum Gasteiger partial charge on any atom is 0.262 e. The van der Waals surface area contributed by atoms with E-state index >= 15 is 0 Å². The van der Waals surface area contributed by atoms with Gasteiger partial charge in [-0.3, -0.25) is 4.79 Å². The van der Waals surface area contributed by atoms with Gasteiger partial charge in [-0.25, -0.2) is 0 Å². The number of carbonyl (C=O) groups is 1. The van der Waals surface area contributed by atoms with Gasteiger partial charge < -0.3 is 23.8 Å². The molecule has 4 rings (SSSR count). The summed E-state index contributed by atoms with van der Waals surface area (Å²) in [6.45, 7) is 0.890. The Balaban J connectivity index is 1.68. The summed E-state index contributed by atoms with van der Waals surface area (Å²) in [5.41, 5.74) is 1.46.